The first-order valence-electron chi connectivity index (χ1n) is 13.0. The van der Waals surface area contributed by atoms with Crippen LogP contribution >= 0.6 is 0 Å². The van der Waals surface area contributed by atoms with Gasteiger partial charge in [-0.25, -0.2) is 4.79 Å². The van der Waals surface area contributed by atoms with Crippen molar-refractivity contribution in [1.82, 2.24) is 16.0 Å². The first kappa shape index (κ1) is 32.6. The molecular formula is C28H36N4O9. The van der Waals surface area contributed by atoms with Crippen molar-refractivity contribution in [3.63, 3.8) is 0 Å². The Labute approximate surface area is 236 Å². The molecule has 2 aromatic carbocycles. The van der Waals surface area contributed by atoms with Crippen LogP contribution in [0.5, 0.6) is 11.5 Å². The quantitative estimate of drug-likeness (QED) is 0.145. The molecule has 0 aromatic heterocycles. The van der Waals surface area contributed by atoms with E-state index >= 15 is 0 Å². The molecule has 0 aliphatic heterocycles. The van der Waals surface area contributed by atoms with E-state index in [1.165, 1.54) is 48.5 Å². The second-order valence-corrected chi connectivity index (χ2v) is 9.78. The first-order chi connectivity index (χ1) is 19.3. The molecule has 0 radical (unpaired) electrons. The number of aromatic hydroxyl groups is 2. The second-order valence-electron chi connectivity index (χ2n) is 9.78. The van der Waals surface area contributed by atoms with Crippen molar-refractivity contribution in [3.8, 4) is 11.5 Å². The fourth-order valence-corrected chi connectivity index (χ4v) is 3.92. The van der Waals surface area contributed by atoms with Crippen LogP contribution in [0, 0.1) is 5.92 Å². The summed E-state index contributed by atoms with van der Waals surface area (Å²) < 4.78 is 0. The van der Waals surface area contributed by atoms with Gasteiger partial charge in [0.1, 0.15) is 29.6 Å². The molecule has 222 valence electrons. The van der Waals surface area contributed by atoms with Gasteiger partial charge in [-0.1, -0.05) is 44.5 Å². The number of rotatable bonds is 15. The number of aliphatic carboxylic acids is 2. The number of carboxylic acids is 2. The molecule has 0 aliphatic carbocycles. The van der Waals surface area contributed by atoms with Crippen LogP contribution in [0.25, 0.3) is 0 Å². The van der Waals surface area contributed by atoms with Gasteiger partial charge in [0.15, 0.2) is 0 Å². The lowest BCUT2D eigenvalue weighted by molar-refractivity contribution is -0.142. The zero-order valence-corrected chi connectivity index (χ0v) is 22.7. The van der Waals surface area contributed by atoms with E-state index in [9.17, 15) is 39.3 Å². The Balaban J connectivity index is 2.26. The fourth-order valence-electron chi connectivity index (χ4n) is 3.92. The third-order valence-electron chi connectivity index (χ3n) is 6.52. The number of hydrogen-bond acceptors (Lipinski definition) is 8. The van der Waals surface area contributed by atoms with E-state index in [4.69, 9.17) is 10.8 Å². The molecule has 0 heterocycles. The van der Waals surface area contributed by atoms with Gasteiger partial charge < -0.3 is 42.1 Å². The highest BCUT2D eigenvalue weighted by Gasteiger charge is 2.33. The molecule has 0 saturated carbocycles. The van der Waals surface area contributed by atoms with Crippen LogP contribution in [0.3, 0.4) is 0 Å². The van der Waals surface area contributed by atoms with Gasteiger partial charge in [0, 0.05) is 12.8 Å². The number of amides is 3. The van der Waals surface area contributed by atoms with E-state index in [0.29, 0.717) is 17.5 Å². The highest BCUT2D eigenvalue weighted by molar-refractivity contribution is 5.95. The summed E-state index contributed by atoms with van der Waals surface area (Å²) in [6, 6.07) is 6.43. The lowest BCUT2D eigenvalue weighted by Crippen LogP contribution is -2.59. The molecule has 0 bridgehead atoms. The maximum atomic E-state index is 13.4. The van der Waals surface area contributed by atoms with Crippen LogP contribution in [0.1, 0.15) is 37.8 Å². The highest BCUT2D eigenvalue weighted by Crippen LogP contribution is 2.15. The molecule has 0 saturated heterocycles. The van der Waals surface area contributed by atoms with Gasteiger partial charge in [0.25, 0.3) is 0 Å². The summed E-state index contributed by atoms with van der Waals surface area (Å²) in [5.41, 5.74) is 6.75. The minimum absolute atomic E-state index is 0.00192. The largest absolute Gasteiger partial charge is 0.508 e. The summed E-state index contributed by atoms with van der Waals surface area (Å²) in [7, 11) is 0. The lowest BCUT2D eigenvalue weighted by Gasteiger charge is -2.28. The van der Waals surface area contributed by atoms with Gasteiger partial charge in [0.2, 0.25) is 17.7 Å². The van der Waals surface area contributed by atoms with Gasteiger partial charge in [-0.05, 0) is 41.3 Å². The third kappa shape index (κ3) is 10.4. The molecule has 41 heavy (non-hydrogen) atoms. The van der Waals surface area contributed by atoms with Gasteiger partial charge in [-0.2, -0.15) is 0 Å². The van der Waals surface area contributed by atoms with E-state index in [0.717, 1.165) is 0 Å². The second kappa shape index (κ2) is 15.2. The van der Waals surface area contributed by atoms with Crippen molar-refractivity contribution < 1.29 is 44.4 Å². The number of phenolic OH excluding ortho intramolecular Hbond substituents is 2. The van der Waals surface area contributed by atoms with Crippen molar-refractivity contribution in [2.24, 2.45) is 11.7 Å². The summed E-state index contributed by atoms with van der Waals surface area (Å²) >= 11 is 0. The molecule has 2 rings (SSSR count). The van der Waals surface area contributed by atoms with Crippen LogP contribution < -0.4 is 21.7 Å². The maximum absolute atomic E-state index is 13.4. The number of benzene rings is 2. The SMILES string of the molecule is CCC(C)C(NC(=O)C(Cc1ccc(O)cc1)NC(=O)C(N)CC(=O)O)C(=O)NC(Cc1ccc(O)cc1)C(=O)O. The van der Waals surface area contributed by atoms with Gasteiger partial charge in [0.05, 0.1) is 12.5 Å². The molecule has 5 atom stereocenters. The summed E-state index contributed by atoms with van der Waals surface area (Å²) in [6.45, 7) is 3.47. The molecule has 0 fully saturated rings. The van der Waals surface area contributed by atoms with Gasteiger partial charge in [-0.15, -0.1) is 0 Å². The van der Waals surface area contributed by atoms with Crippen LogP contribution in [-0.2, 0) is 36.8 Å². The maximum Gasteiger partial charge on any atom is 0.326 e. The monoisotopic (exact) mass is 572 g/mol. The number of carboxylic acid groups (broad SMARTS) is 2. The molecule has 13 nitrogen and oxygen atoms in total. The Kier molecular flexibility index (Phi) is 12.1. The molecule has 5 unspecified atom stereocenters. The number of phenols is 2. The molecule has 13 heteroatoms. The van der Waals surface area contributed by atoms with Crippen molar-refractivity contribution in [3.05, 3.63) is 59.7 Å². The Hall–Kier alpha value is -4.65. The molecule has 0 aliphatic rings. The van der Waals surface area contributed by atoms with Crippen LogP contribution in [0.15, 0.2) is 48.5 Å². The lowest BCUT2D eigenvalue weighted by atomic mass is 9.96. The molecule has 3 amide bonds. The Bertz CT molecular complexity index is 1220. The minimum Gasteiger partial charge on any atom is -0.508 e. The van der Waals surface area contributed by atoms with Gasteiger partial charge in [-0.3, -0.25) is 19.2 Å². The normalized spacial score (nSPS) is 14.5. The molecular weight excluding hydrogens is 536 g/mol. The van der Waals surface area contributed by atoms with E-state index < -0.39 is 66.2 Å². The van der Waals surface area contributed by atoms with Crippen LogP contribution in [0.2, 0.25) is 0 Å². The summed E-state index contributed by atoms with van der Waals surface area (Å²) in [5, 5.41) is 45.2. The van der Waals surface area contributed by atoms with E-state index in [-0.39, 0.29) is 24.3 Å². The van der Waals surface area contributed by atoms with Crippen LogP contribution in [0.4, 0.5) is 0 Å². The first-order valence-corrected chi connectivity index (χ1v) is 13.0. The highest BCUT2D eigenvalue weighted by atomic mass is 16.4. The average molecular weight is 573 g/mol. The fraction of sp³-hybridized carbons (Fsp3) is 0.393. The average Bonchev–Trinajstić information content (AvgIpc) is 2.92. The minimum atomic E-state index is -1.44. The zero-order chi connectivity index (χ0) is 30.7. The number of hydrogen-bond donors (Lipinski definition) is 8. The number of nitrogens with two attached hydrogens (primary N) is 1. The Morgan fingerprint density at radius 3 is 1.63 bits per heavy atom. The summed E-state index contributed by atoms with van der Waals surface area (Å²) in [6.07, 6.45) is -0.393. The summed E-state index contributed by atoms with van der Waals surface area (Å²) in [5.74, 6) is -5.49. The zero-order valence-electron chi connectivity index (χ0n) is 22.7. The number of nitrogens with one attached hydrogen (secondary N) is 3. The van der Waals surface area contributed by atoms with Crippen molar-refractivity contribution in [2.45, 2.75) is 63.7 Å². The number of carbonyl (C=O) groups is 5. The predicted molar refractivity (Wildman–Crippen MR) is 147 cm³/mol. The van der Waals surface area contributed by atoms with Crippen molar-refractivity contribution in [1.29, 1.82) is 0 Å². The van der Waals surface area contributed by atoms with E-state index in [1.54, 1.807) is 13.8 Å². The Morgan fingerprint density at radius 1 is 0.732 bits per heavy atom. The van der Waals surface area contributed by atoms with Gasteiger partial charge >= 0.3 is 11.9 Å². The Morgan fingerprint density at radius 2 is 1.20 bits per heavy atom. The smallest absolute Gasteiger partial charge is 0.326 e. The summed E-state index contributed by atoms with van der Waals surface area (Å²) in [4.78, 5) is 62.2. The topological polar surface area (TPSA) is 228 Å². The predicted octanol–water partition coefficient (Wildman–Crippen LogP) is 0.270. The molecule has 2 aromatic rings. The van der Waals surface area contributed by atoms with E-state index in [2.05, 4.69) is 16.0 Å². The molecule has 9 N–H and O–H groups in total. The van der Waals surface area contributed by atoms with Crippen LogP contribution in [-0.4, -0.2) is 74.3 Å². The van der Waals surface area contributed by atoms with Crippen molar-refractivity contribution >= 4 is 29.7 Å². The molecule has 0 spiro atoms. The van der Waals surface area contributed by atoms with Crippen molar-refractivity contribution in [2.75, 3.05) is 0 Å². The number of carbonyl (C=O) groups excluding carboxylic acids is 3. The standard InChI is InChI=1S/C28H36N4O9/c1-3-15(2)24(27(39)31-22(28(40)41)13-17-6-10-19(34)11-7-17)32-26(38)21(12-16-4-8-18(33)9-5-16)30-25(37)20(29)14-23(35)36/h4-11,15,20-22,24,33-34H,3,12-14,29H2,1-2H3,(H,30,37)(H,31,39)(H,32,38)(H,35,36)(H,40,41). The third-order valence-corrected chi connectivity index (χ3v) is 6.52. The van der Waals surface area contributed by atoms with E-state index in [1.807, 2.05) is 0 Å².